The van der Waals surface area contributed by atoms with Gasteiger partial charge in [0.25, 0.3) is 10.0 Å². The first-order chi connectivity index (χ1) is 21.8. The van der Waals surface area contributed by atoms with Crippen molar-refractivity contribution >= 4 is 33.7 Å². The Hall–Kier alpha value is -4.72. The van der Waals surface area contributed by atoms with Crippen LogP contribution >= 0.6 is 0 Å². The van der Waals surface area contributed by atoms with Crippen LogP contribution in [0.15, 0.2) is 71.8 Å². The molecule has 2 aliphatic rings. The van der Waals surface area contributed by atoms with Gasteiger partial charge in [-0.25, -0.2) is 18.0 Å². The average molecular weight is 652 g/mol. The minimum Gasteiger partial charge on any atom is -0.446 e. The third kappa shape index (κ3) is 8.71. The van der Waals surface area contributed by atoms with E-state index in [9.17, 15) is 28.1 Å². The molecule has 0 radical (unpaired) electrons. The molecule has 46 heavy (non-hydrogen) atoms. The van der Waals surface area contributed by atoms with E-state index in [1.54, 1.807) is 18.2 Å². The molecule has 5 rings (SSSR count). The van der Waals surface area contributed by atoms with Gasteiger partial charge < -0.3 is 30.2 Å². The fraction of sp³-hybridized carbons (Fsp3) is 0.406. The van der Waals surface area contributed by atoms with E-state index in [0.717, 1.165) is 41.4 Å². The number of nitrogens with one attached hydrogen (secondary N) is 3. The quantitative estimate of drug-likeness (QED) is 0.188. The zero-order valence-corrected chi connectivity index (χ0v) is 26.6. The van der Waals surface area contributed by atoms with E-state index >= 15 is 0 Å². The van der Waals surface area contributed by atoms with E-state index in [1.165, 1.54) is 0 Å². The number of ether oxygens (including phenoxy) is 2. The SMILES string of the molecule is CC(C)(C)OC(=O)NC1CCC(OC(=O)N[C@@H]2C[C@H]2c2ccc(-c3cccc(NS(=O)(=O)c4ccc([N+](=O)[O-])nc4)c3)cc2)CC1. The van der Waals surface area contributed by atoms with E-state index in [0.29, 0.717) is 31.4 Å². The summed E-state index contributed by atoms with van der Waals surface area (Å²) in [7, 11) is -4.00. The molecule has 2 aromatic carbocycles. The van der Waals surface area contributed by atoms with Crippen molar-refractivity contribution in [2.24, 2.45) is 0 Å². The van der Waals surface area contributed by atoms with Crippen LogP contribution in [0.5, 0.6) is 0 Å². The van der Waals surface area contributed by atoms with Crippen molar-refractivity contribution in [2.45, 2.75) is 87.5 Å². The van der Waals surface area contributed by atoms with Crippen molar-refractivity contribution in [1.29, 1.82) is 0 Å². The Morgan fingerprint density at radius 1 is 0.935 bits per heavy atom. The smallest absolute Gasteiger partial charge is 0.407 e. The molecule has 2 saturated carbocycles. The molecule has 2 aliphatic carbocycles. The molecule has 1 aromatic heterocycles. The Balaban J connectivity index is 1.09. The number of amides is 2. The van der Waals surface area contributed by atoms with Crippen LogP contribution in [0.25, 0.3) is 11.1 Å². The van der Waals surface area contributed by atoms with Gasteiger partial charge in [0, 0.05) is 29.8 Å². The van der Waals surface area contributed by atoms with Crippen molar-refractivity contribution in [2.75, 3.05) is 4.72 Å². The third-order valence-electron chi connectivity index (χ3n) is 7.77. The van der Waals surface area contributed by atoms with Gasteiger partial charge in [0.2, 0.25) is 0 Å². The second-order valence-corrected chi connectivity index (χ2v) is 14.2. The number of aromatic nitrogens is 1. The first-order valence-corrected chi connectivity index (χ1v) is 16.5. The van der Waals surface area contributed by atoms with Crippen LogP contribution in [0.1, 0.15) is 64.4 Å². The molecule has 3 N–H and O–H groups in total. The largest absolute Gasteiger partial charge is 0.446 e. The predicted octanol–water partition coefficient (Wildman–Crippen LogP) is 5.88. The number of pyridine rings is 1. The number of nitro groups is 1. The van der Waals surface area contributed by atoms with Crippen LogP contribution in [0.2, 0.25) is 0 Å². The minimum absolute atomic E-state index is 0.000273. The molecule has 2 amide bonds. The molecule has 3 aromatic rings. The van der Waals surface area contributed by atoms with Gasteiger partial charge in [0.1, 0.15) is 16.6 Å². The lowest BCUT2D eigenvalue weighted by Crippen LogP contribution is -2.42. The summed E-state index contributed by atoms with van der Waals surface area (Å²) in [6.07, 6.45) is 3.44. The highest BCUT2D eigenvalue weighted by atomic mass is 32.2. The summed E-state index contributed by atoms with van der Waals surface area (Å²) in [6, 6.07) is 16.9. The molecule has 1 heterocycles. The van der Waals surface area contributed by atoms with Crippen molar-refractivity contribution in [3.8, 4) is 11.1 Å². The first kappa shape index (κ1) is 32.7. The van der Waals surface area contributed by atoms with Crippen molar-refractivity contribution < 1.29 is 32.4 Å². The van der Waals surface area contributed by atoms with Gasteiger partial charge >= 0.3 is 18.0 Å². The van der Waals surface area contributed by atoms with E-state index in [2.05, 4.69) is 20.3 Å². The topological polar surface area (TPSA) is 179 Å². The van der Waals surface area contributed by atoms with Crippen LogP contribution in [0, 0.1) is 10.1 Å². The second-order valence-electron chi connectivity index (χ2n) is 12.5. The number of alkyl carbamates (subject to hydrolysis) is 2. The fourth-order valence-corrected chi connectivity index (χ4v) is 6.39. The van der Waals surface area contributed by atoms with Crippen molar-refractivity contribution in [1.82, 2.24) is 15.6 Å². The maximum absolute atomic E-state index is 12.8. The molecule has 0 aliphatic heterocycles. The van der Waals surface area contributed by atoms with E-state index < -0.39 is 38.6 Å². The molecule has 14 heteroatoms. The number of sulfonamides is 1. The van der Waals surface area contributed by atoms with E-state index in [4.69, 9.17) is 9.47 Å². The molecule has 2 fully saturated rings. The van der Waals surface area contributed by atoms with Gasteiger partial charge in [-0.05, 0) is 97.7 Å². The van der Waals surface area contributed by atoms with Crippen LogP contribution in [-0.2, 0) is 19.5 Å². The molecular weight excluding hydrogens is 614 g/mol. The summed E-state index contributed by atoms with van der Waals surface area (Å²) in [6.45, 7) is 5.46. The van der Waals surface area contributed by atoms with Crippen LogP contribution < -0.4 is 15.4 Å². The maximum Gasteiger partial charge on any atom is 0.407 e. The highest BCUT2D eigenvalue weighted by Crippen LogP contribution is 2.41. The number of benzene rings is 2. The molecule has 0 spiro atoms. The van der Waals surface area contributed by atoms with Crippen LogP contribution in [-0.4, -0.2) is 54.3 Å². The van der Waals surface area contributed by atoms with Crippen LogP contribution in [0.3, 0.4) is 0 Å². The summed E-state index contributed by atoms with van der Waals surface area (Å²) in [4.78, 5) is 38.1. The number of hydrogen-bond donors (Lipinski definition) is 3. The Bertz CT molecular complexity index is 1680. The molecule has 2 atom stereocenters. The summed E-state index contributed by atoms with van der Waals surface area (Å²) in [5.74, 6) is -0.272. The van der Waals surface area contributed by atoms with E-state index in [1.807, 2.05) is 51.1 Å². The zero-order chi connectivity index (χ0) is 33.1. The molecule has 0 unspecified atom stereocenters. The van der Waals surface area contributed by atoms with Gasteiger partial charge in [-0.1, -0.05) is 36.4 Å². The summed E-state index contributed by atoms with van der Waals surface area (Å²) < 4.78 is 39.0. The number of nitrogens with zero attached hydrogens (tertiary/aromatic N) is 2. The lowest BCUT2D eigenvalue weighted by atomic mass is 9.93. The minimum atomic E-state index is -4.00. The van der Waals surface area contributed by atoms with Crippen molar-refractivity contribution in [3.05, 3.63) is 82.5 Å². The summed E-state index contributed by atoms with van der Waals surface area (Å²) >= 11 is 0. The number of rotatable bonds is 9. The van der Waals surface area contributed by atoms with Gasteiger partial charge in [-0.2, -0.15) is 0 Å². The molecular formula is C32H37N5O8S. The number of hydrogen-bond acceptors (Lipinski definition) is 9. The van der Waals surface area contributed by atoms with Gasteiger partial charge in [0.05, 0.1) is 0 Å². The zero-order valence-electron chi connectivity index (χ0n) is 25.8. The normalized spacial score (nSPS) is 21.0. The monoisotopic (exact) mass is 651 g/mol. The average Bonchev–Trinajstić information content (AvgIpc) is 3.76. The molecule has 244 valence electrons. The highest BCUT2D eigenvalue weighted by Gasteiger charge is 2.40. The molecule has 13 nitrogen and oxygen atoms in total. The Morgan fingerprint density at radius 2 is 1.65 bits per heavy atom. The van der Waals surface area contributed by atoms with Gasteiger partial charge in [-0.15, -0.1) is 0 Å². The maximum atomic E-state index is 12.8. The summed E-state index contributed by atoms with van der Waals surface area (Å²) in [5, 5.41) is 16.7. The molecule has 0 saturated heterocycles. The van der Waals surface area contributed by atoms with Gasteiger partial charge in [-0.3, -0.25) is 4.72 Å². The first-order valence-electron chi connectivity index (χ1n) is 15.1. The van der Waals surface area contributed by atoms with Crippen molar-refractivity contribution in [3.63, 3.8) is 0 Å². The lowest BCUT2D eigenvalue weighted by molar-refractivity contribution is -0.389. The second kappa shape index (κ2) is 13.3. The Morgan fingerprint density at radius 3 is 2.28 bits per heavy atom. The standard InChI is InChI=1S/C32H37N5O8S/c1-32(2,3)45-31(39)34-23-11-13-25(14-12-23)44-30(38)35-28-18-27(28)21-9-7-20(8-10-21)22-5-4-6-24(17-22)36-46(42,43)26-15-16-29(33-19-26)37(40)41/h4-10,15-17,19,23,25,27-28,36H,11-14,18H2,1-3H3,(H,34,39)(H,35,38)/t23?,25?,27-,28+/m0/s1. The Kier molecular flexibility index (Phi) is 9.47. The van der Waals surface area contributed by atoms with Crippen LogP contribution in [0.4, 0.5) is 21.1 Å². The van der Waals surface area contributed by atoms with Gasteiger partial charge in [0.15, 0.2) is 6.20 Å². The predicted molar refractivity (Wildman–Crippen MR) is 170 cm³/mol. The third-order valence-corrected chi connectivity index (χ3v) is 9.13. The highest BCUT2D eigenvalue weighted by molar-refractivity contribution is 7.92. The Labute approximate surface area is 267 Å². The lowest BCUT2D eigenvalue weighted by Gasteiger charge is -2.29. The van der Waals surface area contributed by atoms with E-state index in [-0.39, 0.29) is 29.0 Å². The number of carbonyl (C=O) groups excluding carboxylic acids is 2. The molecule has 0 bridgehead atoms. The fourth-order valence-electron chi connectivity index (χ4n) is 5.40. The number of carbonyl (C=O) groups is 2. The summed E-state index contributed by atoms with van der Waals surface area (Å²) in [5.41, 5.74) is 2.52. The number of anilines is 1.